The topological polar surface area (TPSA) is 46.5 Å². The highest BCUT2D eigenvalue weighted by molar-refractivity contribution is 14.1. The van der Waals surface area contributed by atoms with Gasteiger partial charge in [0.05, 0.1) is 13.2 Å². The first kappa shape index (κ1) is 13.2. The van der Waals surface area contributed by atoms with E-state index in [1.165, 1.54) is 13.2 Å². The van der Waals surface area contributed by atoms with E-state index in [0.717, 1.165) is 9.13 Å². The summed E-state index contributed by atoms with van der Waals surface area (Å²) >= 11 is 2.17. The van der Waals surface area contributed by atoms with Crippen molar-refractivity contribution in [2.75, 3.05) is 7.11 Å². The second-order valence-electron chi connectivity index (χ2n) is 3.20. The smallest absolute Gasteiger partial charge is 0.330 e. The number of benzene rings is 1. The zero-order chi connectivity index (χ0) is 12.0. The Balaban J connectivity index is 2.60. The van der Waals surface area contributed by atoms with Crippen LogP contribution in [0.5, 0.6) is 0 Å². The first-order valence-electron chi connectivity index (χ1n) is 4.82. The summed E-state index contributed by atoms with van der Waals surface area (Å²) in [6, 6.07) is 7.61. The standard InChI is InChI=1S/C12H13IO3/c1-16-12(15)8-4-7-11(14)9-5-2-3-6-10(9)13/h2-6,8,11,14H,7H2,1H3/b8-4+/t11-/m0/s1. The number of aliphatic hydroxyl groups excluding tert-OH is 1. The molecule has 0 saturated carbocycles. The second-order valence-corrected chi connectivity index (χ2v) is 4.36. The molecule has 1 aromatic rings. The third kappa shape index (κ3) is 3.94. The zero-order valence-corrected chi connectivity index (χ0v) is 11.0. The average molecular weight is 332 g/mol. The predicted octanol–water partition coefficient (Wildman–Crippen LogP) is 2.44. The summed E-state index contributed by atoms with van der Waals surface area (Å²) in [5, 5.41) is 9.88. The van der Waals surface area contributed by atoms with E-state index in [9.17, 15) is 9.90 Å². The first-order valence-corrected chi connectivity index (χ1v) is 5.90. The average Bonchev–Trinajstić information content (AvgIpc) is 2.29. The summed E-state index contributed by atoms with van der Waals surface area (Å²) in [5.74, 6) is -0.407. The zero-order valence-electron chi connectivity index (χ0n) is 8.89. The highest BCUT2D eigenvalue weighted by Gasteiger charge is 2.08. The Kier molecular flexibility index (Phi) is 5.48. The molecule has 0 aliphatic carbocycles. The lowest BCUT2D eigenvalue weighted by Gasteiger charge is -2.10. The van der Waals surface area contributed by atoms with Crippen molar-refractivity contribution in [2.24, 2.45) is 0 Å². The van der Waals surface area contributed by atoms with Crippen molar-refractivity contribution in [1.29, 1.82) is 0 Å². The van der Waals surface area contributed by atoms with Gasteiger partial charge < -0.3 is 9.84 Å². The Hall–Kier alpha value is -0.880. The second kappa shape index (κ2) is 6.65. The van der Waals surface area contributed by atoms with Gasteiger partial charge in [0.2, 0.25) is 0 Å². The van der Waals surface area contributed by atoms with E-state index in [1.54, 1.807) is 6.08 Å². The molecule has 0 spiro atoms. The van der Waals surface area contributed by atoms with E-state index in [2.05, 4.69) is 27.3 Å². The molecule has 1 atom stereocenters. The van der Waals surface area contributed by atoms with E-state index >= 15 is 0 Å². The molecule has 3 nitrogen and oxygen atoms in total. The molecule has 0 aromatic heterocycles. The van der Waals surface area contributed by atoms with Crippen LogP contribution in [-0.4, -0.2) is 18.2 Å². The molecule has 0 fully saturated rings. The number of rotatable bonds is 4. The molecule has 16 heavy (non-hydrogen) atoms. The highest BCUT2D eigenvalue weighted by atomic mass is 127. The van der Waals surface area contributed by atoms with Crippen LogP contribution >= 0.6 is 22.6 Å². The fraction of sp³-hybridized carbons (Fsp3) is 0.250. The van der Waals surface area contributed by atoms with E-state index in [-0.39, 0.29) is 0 Å². The lowest BCUT2D eigenvalue weighted by molar-refractivity contribution is -0.134. The van der Waals surface area contributed by atoms with E-state index in [0.29, 0.717) is 6.42 Å². The molecule has 0 heterocycles. The monoisotopic (exact) mass is 332 g/mol. The number of halogens is 1. The van der Waals surface area contributed by atoms with Crippen LogP contribution in [0.15, 0.2) is 36.4 Å². The number of hydrogen-bond acceptors (Lipinski definition) is 3. The first-order chi connectivity index (χ1) is 7.65. The number of aliphatic hydroxyl groups is 1. The van der Waals surface area contributed by atoms with Crippen LogP contribution < -0.4 is 0 Å². The van der Waals surface area contributed by atoms with E-state index in [1.807, 2.05) is 24.3 Å². The third-order valence-electron chi connectivity index (χ3n) is 2.08. The summed E-state index contributed by atoms with van der Waals surface area (Å²) in [6.07, 6.45) is 2.74. The van der Waals surface area contributed by atoms with Gasteiger partial charge >= 0.3 is 5.97 Å². The molecule has 1 N–H and O–H groups in total. The van der Waals surface area contributed by atoms with Crippen LogP contribution in [0.1, 0.15) is 18.1 Å². The Morgan fingerprint density at radius 2 is 2.25 bits per heavy atom. The number of methoxy groups -OCH3 is 1. The highest BCUT2D eigenvalue weighted by Crippen LogP contribution is 2.22. The van der Waals surface area contributed by atoms with Gasteiger partial charge in [0.1, 0.15) is 0 Å². The fourth-order valence-corrected chi connectivity index (χ4v) is 1.98. The molecule has 0 unspecified atom stereocenters. The predicted molar refractivity (Wildman–Crippen MR) is 69.9 cm³/mol. The van der Waals surface area contributed by atoms with Gasteiger partial charge in [-0.05, 0) is 40.6 Å². The molecule has 0 aliphatic heterocycles. The van der Waals surface area contributed by atoms with Gasteiger partial charge in [0.15, 0.2) is 0 Å². The van der Waals surface area contributed by atoms with Gasteiger partial charge in [-0.25, -0.2) is 4.79 Å². The van der Waals surface area contributed by atoms with Crippen molar-refractivity contribution in [1.82, 2.24) is 0 Å². The van der Waals surface area contributed by atoms with Gasteiger partial charge in [0.25, 0.3) is 0 Å². The minimum absolute atomic E-state index is 0.398. The van der Waals surface area contributed by atoms with Gasteiger partial charge in [0, 0.05) is 9.65 Å². The minimum atomic E-state index is -0.589. The van der Waals surface area contributed by atoms with Gasteiger partial charge in [-0.1, -0.05) is 24.3 Å². The number of carbonyl (C=O) groups is 1. The molecule has 0 saturated heterocycles. The van der Waals surface area contributed by atoms with Crippen molar-refractivity contribution in [3.8, 4) is 0 Å². The number of hydrogen-bond donors (Lipinski definition) is 1. The maximum Gasteiger partial charge on any atom is 0.330 e. The largest absolute Gasteiger partial charge is 0.466 e. The lowest BCUT2D eigenvalue weighted by Crippen LogP contribution is -1.99. The molecular formula is C12H13IO3. The maximum atomic E-state index is 10.8. The Morgan fingerprint density at radius 3 is 2.88 bits per heavy atom. The number of ether oxygens (including phenoxy) is 1. The quantitative estimate of drug-likeness (QED) is 0.523. The van der Waals surface area contributed by atoms with Gasteiger partial charge in [-0.2, -0.15) is 0 Å². The summed E-state index contributed by atoms with van der Waals surface area (Å²) in [5.41, 5.74) is 0.873. The molecule has 4 heteroatoms. The summed E-state index contributed by atoms with van der Waals surface area (Å²) in [4.78, 5) is 10.8. The van der Waals surface area contributed by atoms with Gasteiger partial charge in [-0.15, -0.1) is 0 Å². The van der Waals surface area contributed by atoms with Crippen LogP contribution in [0.4, 0.5) is 0 Å². The summed E-state index contributed by atoms with van der Waals surface area (Å²) in [7, 11) is 1.32. The molecule has 86 valence electrons. The van der Waals surface area contributed by atoms with Crippen LogP contribution in [0.3, 0.4) is 0 Å². The fourth-order valence-electron chi connectivity index (χ4n) is 1.23. The van der Waals surface area contributed by atoms with Crippen LogP contribution in [0, 0.1) is 3.57 Å². The van der Waals surface area contributed by atoms with E-state index < -0.39 is 12.1 Å². The van der Waals surface area contributed by atoms with Crippen LogP contribution in [0.25, 0.3) is 0 Å². The minimum Gasteiger partial charge on any atom is -0.466 e. The van der Waals surface area contributed by atoms with Crippen molar-refractivity contribution in [3.63, 3.8) is 0 Å². The number of carbonyl (C=O) groups excluding carboxylic acids is 1. The summed E-state index contributed by atoms with van der Waals surface area (Å²) < 4.78 is 5.47. The third-order valence-corrected chi connectivity index (χ3v) is 3.06. The van der Waals surface area contributed by atoms with Gasteiger partial charge in [-0.3, -0.25) is 0 Å². The summed E-state index contributed by atoms with van der Waals surface area (Å²) in [6.45, 7) is 0. The van der Waals surface area contributed by atoms with Crippen molar-refractivity contribution in [3.05, 3.63) is 45.6 Å². The Labute approximate surface area is 108 Å². The Morgan fingerprint density at radius 1 is 1.56 bits per heavy atom. The molecule has 1 rings (SSSR count). The molecule has 0 radical (unpaired) electrons. The molecule has 1 aromatic carbocycles. The SMILES string of the molecule is COC(=O)/C=C/C[C@H](O)c1ccccc1I. The molecular weight excluding hydrogens is 319 g/mol. The Bertz CT molecular complexity index is 388. The number of esters is 1. The maximum absolute atomic E-state index is 10.8. The van der Waals surface area contributed by atoms with E-state index in [4.69, 9.17) is 0 Å². The van der Waals surface area contributed by atoms with Crippen molar-refractivity contribution < 1.29 is 14.6 Å². The molecule has 0 aliphatic rings. The lowest BCUT2D eigenvalue weighted by atomic mass is 10.1. The normalized spacial score (nSPS) is 12.7. The molecule has 0 bridgehead atoms. The van der Waals surface area contributed by atoms with Crippen LogP contribution in [0.2, 0.25) is 0 Å². The van der Waals surface area contributed by atoms with Crippen LogP contribution in [-0.2, 0) is 9.53 Å². The molecule has 0 amide bonds. The van der Waals surface area contributed by atoms with Crippen molar-refractivity contribution >= 4 is 28.6 Å². The van der Waals surface area contributed by atoms with Crippen molar-refractivity contribution in [2.45, 2.75) is 12.5 Å².